The van der Waals surface area contributed by atoms with Crippen LogP contribution in [-0.2, 0) is 0 Å². The van der Waals surface area contributed by atoms with Gasteiger partial charge < -0.3 is 4.74 Å². The summed E-state index contributed by atoms with van der Waals surface area (Å²) in [4.78, 5) is 8.66. The molecule has 2 aromatic rings. The molecule has 3 heteroatoms. The number of hydrogen-bond acceptors (Lipinski definition) is 3. The summed E-state index contributed by atoms with van der Waals surface area (Å²) in [6, 6.07) is 6.13. The van der Waals surface area contributed by atoms with Crippen molar-refractivity contribution in [3.8, 4) is 17.0 Å². The molecule has 18 heavy (non-hydrogen) atoms. The smallest absolute Gasteiger partial charge is 0.214 e. The molecule has 0 radical (unpaired) electrons. The molecule has 3 rings (SSSR count). The van der Waals surface area contributed by atoms with Crippen molar-refractivity contribution in [2.45, 2.75) is 32.8 Å². The molecular formula is C15H16N2O. The maximum Gasteiger partial charge on any atom is 0.214 e. The number of ether oxygens (including phenoxy) is 1. The van der Waals surface area contributed by atoms with Gasteiger partial charge in [-0.2, -0.15) is 0 Å². The predicted molar refractivity (Wildman–Crippen MR) is 70.6 cm³/mol. The fraction of sp³-hybridized carbons (Fsp3) is 0.333. The van der Waals surface area contributed by atoms with Gasteiger partial charge >= 0.3 is 0 Å². The molecule has 0 unspecified atom stereocenters. The Bertz CT molecular complexity index is 559. The van der Waals surface area contributed by atoms with Gasteiger partial charge in [-0.3, -0.25) is 4.98 Å². The molecular weight excluding hydrogens is 224 g/mol. The first-order valence-corrected chi connectivity index (χ1v) is 6.29. The second-order valence-electron chi connectivity index (χ2n) is 4.84. The van der Waals surface area contributed by atoms with Gasteiger partial charge in [-0.05, 0) is 43.9 Å². The monoisotopic (exact) mass is 240 g/mol. The molecule has 92 valence electrons. The van der Waals surface area contributed by atoms with E-state index in [1.165, 1.54) is 0 Å². The van der Waals surface area contributed by atoms with E-state index in [2.05, 4.69) is 23.0 Å². The SMILES string of the molecule is Cc1ccc(-c2cc(OC3CC3)ncc2C)cn1. The lowest BCUT2D eigenvalue weighted by molar-refractivity contribution is 0.291. The van der Waals surface area contributed by atoms with Crippen molar-refractivity contribution in [2.75, 3.05) is 0 Å². The number of aryl methyl sites for hydroxylation is 2. The normalized spacial score (nSPS) is 14.6. The predicted octanol–water partition coefficient (Wildman–Crippen LogP) is 3.30. The van der Waals surface area contributed by atoms with Gasteiger partial charge in [0.1, 0.15) is 6.10 Å². The molecule has 0 amide bonds. The molecule has 2 heterocycles. The van der Waals surface area contributed by atoms with E-state index in [9.17, 15) is 0 Å². The van der Waals surface area contributed by atoms with E-state index in [1.807, 2.05) is 31.5 Å². The topological polar surface area (TPSA) is 35.0 Å². The van der Waals surface area contributed by atoms with Crippen LogP contribution in [-0.4, -0.2) is 16.1 Å². The lowest BCUT2D eigenvalue weighted by Crippen LogP contribution is -1.99. The number of aromatic nitrogens is 2. The molecule has 1 aliphatic rings. The summed E-state index contributed by atoms with van der Waals surface area (Å²) in [6.45, 7) is 4.05. The van der Waals surface area contributed by atoms with Gasteiger partial charge in [0.2, 0.25) is 5.88 Å². The van der Waals surface area contributed by atoms with Crippen molar-refractivity contribution in [2.24, 2.45) is 0 Å². The maximum absolute atomic E-state index is 5.73. The number of rotatable bonds is 3. The second-order valence-corrected chi connectivity index (χ2v) is 4.84. The van der Waals surface area contributed by atoms with E-state index >= 15 is 0 Å². The van der Waals surface area contributed by atoms with E-state index in [4.69, 9.17) is 4.74 Å². The summed E-state index contributed by atoms with van der Waals surface area (Å²) in [6.07, 6.45) is 6.45. The minimum absolute atomic E-state index is 0.379. The Morgan fingerprint density at radius 3 is 2.61 bits per heavy atom. The van der Waals surface area contributed by atoms with Gasteiger partial charge in [0, 0.05) is 29.7 Å². The minimum Gasteiger partial charge on any atom is -0.474 e. The van der Waals surface area contributed by atoms with Gasteiger partial charge in [0.15, 0.2) is 0 Å². The standard InChI is InChI=1S/C15H16N2O/c1-10-8-17-15(18-13-5-6-13)7-14(10)12-4-3-11(2)16-9-12/h3-4,7-9,13H,5-6H2,1-2H3. The zero-order valence-electron chi connectivity index (χ0n) is 10.7. The average molecular weight is 240 g/mol. The van der Waals surface area contributed by atoms with Crippen molar-refractivity contribution in [3.05, 3.63) is 41.9 Å². The molecule has 1 aliphatic carbocycles. The van der Waals surface area contributed by atoms with Crippen LogP contribution >= 0.6 is 0 Å². The third-order valence-corrected chi connectivity index (χ3v) is 3.11. The van der Waals surface area contributed by atoms with Crippen molar-refractivity contribution in [3.63, 3.8) is 0 Å². The number of nitrogens with zero attached hydrogens (tertiary/aromatic N) is 2. The molecule has 0 saturated heterocycles. The van der Waals surface area contributed by atoms with Crippen LogP contribution in [0, 0.1) is 13.8 Å². The van der Waals surface area contributed by atoms with Crippen LogP contribution in [0.15, 0.2) is 30.6 Å². The maximum atomic E-state index is 5.73. The van der Waals surface area contributed by atoms with Crippen molar-refractivity contribution in [1.29, 1.82) is 0 Å². The van der Waals surface area contributed by atoms with E-state index in [1.54, 1.807) is 0 Å². The Kier molecular flexibility index (Phi) is 2.74. The van der Waals surface area contributed by atoms with E-state index in [-0.39, 0.29) is 0 Å². The van der Waals surface area contributed by atoms with Crippen LogP contribution in [0.4, 0.5) is 0 Å². The molecule has 0 aromatic carbocycles. The first kappa shape index (κ1) is 11.2. The molecule has 3 nitrogen and oxygen atoms in total. The molecule has 2 aromatic heterocycles. The second kappa shape index (κ2) is 4.41. The van der Waals surface area contributed by atoms with Crippen molar-refractivity contribution < 1.29 is 4.74 Å². The Labute approximate surface area is 107 Å². The first-order chi connectivity index (χ1) is 8.72. The van der Waals surface area contributed by atoms with Crippen molar-refractivity contribution in [1.82, 2.24) is 9.97 Å². The van der Waals surface area contributed by atoms with Gasteiger partial charge in [0.05, 0.1) is 0 Å². The van der Waals surface area contributed by atoms with Crippen LogP contribution < -0.4 is 4.74 Å². The van der Waals surface area contributed by atoms with E-state index in [0.717, 1.165) is 41.1 Å². The third kappa shape index (κ3) is 2.35. The summed E-state index contributed by atoms with van der Waals surface area (Å²) in [5.74, 6) is 0.721. The van der Waals surface area contributed by atoms with Gasteiger partial charge in [-0.1, -0.05) is 6.07 Å². The fourth-order valence-electron chi connectivity index (χ4n) is 1.86. The molecule has 0 spiro atoms. The third-order valence-electron chi connectivity index (χ3n) is 3.11. The highest BCUT2D eigenvalue weighted by Crippen LogP contribution is 2.29. The highest BCUT2D eigenvalue weighted by atomic mass is 16.5. The van der Waals surface area contributed by atoms with E-state index in [0.29, 0.717) is 6.10 Å². The summed E-state index contributed by atoms with van der Waals surface area (Å²) >= 11 is 0. The zero-order chi connectivity index (χ0) is 12.5. The van der Waals surface area contributed by atoms with Crippen LogP contribution in [0.25, 0.3) is 11.1 Å². The number of hydrogen-bond donors (Lipinski definition) is 0. The summed E-state index contributed by atoms with van der Waals surface area (Å²) in [5, 5.41) is 0. The molecule has 0 aliphatic heterocycles. The van der Waals surface area contributed by atoms with Crippen LogP contribution in [0.5, 0.6) is 5.88 Å². The number of pyridine rings is 2. The lowest BCUT2D eigenvalue weighted by atomic mass is 10.0. The summed E-state index contributed by atoms with van der Waals surface area (Å²) in [7, 11) is 0. The molecule has 1 fully saturated rings. The van der Waals surface area contributed by atoms with Crippen LogP contribution in [0.3, 0.4) is 0 Å². The molecule has 0 N–H and O–H groups in total. The quantitative estimate of drug-likeness (QED) is 0.825. The fourth-order valence-corrected chi connectivity index (χ4v) is 1.86. The highest BCUT2D eigenvalue weighted by Gasteiger charge is 2.24. The Morgan fingerprint density at radius 2 is 1.94 bits per heavy atom. The molecule has 0 atom stereocenters. The Balaban J connectivity index is 1.95. The zero-order valence-corrected chi connectivity index (χ0v) is 10.7. The first-order valence-electron chi connectivity index (χ1n) is 6.29. The Morgan fingerprint density at radius 1 is 1.11 bits per heavy atom. The Hall–Kier alpha value is -1.90. The average Bonchev–Trinajstić information content (AvgIpc) is 3.17. The van der Waals surface area contributed by atoms with Gasteiger partial charge in [0.25, 0.3) is 0 Å². The summed E-state index contributed by atoms with van der Waals surface area (Å²) in [5.41, 5.74) is 4.43. The largest absolute Gasteiger partial charge is 0.474 e. The highest BCUT2D eigenvalue weighted by molar-refractivity contribution is 5.66. The van der Waals surface area contributed by atoms with Crippen LogP contribution in [0.2, 0.25) is 0 Å². The van der Waals surface area contributed by atoms with Crippen molar-refractivity contribution >= 4 is 0 Å². The van der Waals surface area contributed by atoms with Crippen LogP contribution in [0.1, 0.15) is 24.1 Å². The lowest BCUT2D eigenvalue weighted by Gasteiger charge is -2.09. The molecule has 0 bridgehead atoms. The van der Waals surface area contributed by atoms with Gasteiger partial charge in [-0.15, -0.1) is 0 Å². The van der Waals surface area contributed by atoms with Gasteiger partial charge in [-0.25, -0.2) is 4.98 Å². The minimum atomic E-state index is 0.379. The molecule has 1 saturated carbocycles. The summed E-state index contributed by atoms with van der Waals surface area (Å²) < 4.78 is 5.73. The van der Waals surface area contributed by atoms with E-state index < -0.39 is 0 Å².